The van der Waals surface area contributed by atoms with E-state index in [1.807, 2.05) is 31.4 Å². The fourth-order valence-electron chi connectivity index (χ4n) is 1.79. The molecule has 6 heteroatoms. The first kappa shape index (κ1) is 10.6. The molecule has 0 amide bonds. The van der Waals surface area contributed by atoms with Crippen LogP contribution in [0.4, 0.5) is 17.2 Å². The van der Waals surface area contributed by atoms with Gasteiger partial charge in [0.25, 0.3) is 0 Å². The fourth-order valence-corrected chi connectivity index (χ4v) is 2.22. The monoisotopic (exact) mass is 264 g/mol. The van der Waals surface area contributed by atoms with Gasteiger partial charge in [-0.3, -0.25) is 4.68 Å². The van der Waals surface area contributed by atoms with E-state index in [2.05, 4.69) is 15.7 Å². The van der Waals surface area contributed by atoms with Crippen LogP contribution >= 0.6 is 23.8 Å². The largest absolute Gasteiger partial charge is 0.344 e. The number of aromatic nitrogens is 2. The number of hydrogen-bond acceptors (Lipinski definition) is 3. The highest BCUT2D eigenvalue weighted by Crippen LogP contribution is 2.33. The maximum atomic E-state index is 5.96. The highest BCUT2D eigenvalue weighted by Gasteiger charge is 2.19. The number of nitrogens with one attached hydrogen (secondary N) is 2. The van der Waals surface area contributed by atoms with Crippen molar-refractivity contribution in [3.8, 4) is 0 Å². The molecule has 1 aromatic heterocycles. The third-order valence-corrected chi connectivity index (χ3v) is 3.11. The molecule has 2 aromatic rings. The van der Waals surface area contributed by atoms with Crippen LogP contribution in [0, 0.1) is 0 Å². The summed E-state index contributed by atoms with van der Waals surface area (Å²) in [5.74, 6) is 0.756. The van der Waals surface area contributed by atoms with Crippen molar-refractivity contribution in [1.82, 2.24) is 9.78 Å². The second-order valence-electron chi connectivity index (χ2n) is 3.83. The lowest BCUT2D eigenvalue weighted by molar-refractivity contribution is 0.771. The van der Waals surface area contributed by atoms with Gasteiger partial charge in [-0.05, 0) is 18.2 Å². The minimum Gasteiger partial charge on any atom is -0.344 e. The van der Waals surface area contributed by atoms with Crippen LogP contribution in [-0.2, 0) is 7.05 Å². The van der Waals surface area contributed by atoms with Gasteiger partial charge >= 0.3 is 0 Å². The number of halogens is 1. The Morgan fingerprint density at radius 2 is 2.12 bits per heavy atom. The molecule has 0 unspecified atom stereocenters. The molecule has 17 heavy (non-hydrogen) atoms. The molecule has 1 aliphatic heterocycles. The van der Waals surface area contributed by atoms with Gasteiger partial charge in [0, 0.05) is 18.3 Å². The standard InChI is InChI=1S/C11H9ClN4S/c1-16-5-7-10(15-16)13-8-3-2-6(12)4-9(8)14-11(7)17/h2-5H,1H3,(H,13,15)(H,14,17). The molecule has 2 heterocycles. The molecule has 0 saturated heterocycles. The van der Waals surface area contributed by atoms with Gasteiger partial charge < -0.3 is 10.6 Å². The molecule has 1 aliphatic rings. The van der Waals surface area contributed by atoms with Crippen LogP contribution in [-0.4, -0.2) is 14.8 Å². The molecule has 0 saturated carbocycles. The van der Waals surface area contributed by atoms with Crippen molar-refractivity contribution < 1.29 is 0 Å². The van der Waals surface area contributed by atoms with Crippen LogP contribution in [0.5, 0.6) is 0 Å². The first-order valence-electron chi connectivity index (χ1n) is 5.05. The van der Waals surface area contributed by atoms with E-state index in [1.54, 1.807) is 4.68 Å². The maximum Gasteiger partial charge on any atom is 0.162 e. The number of rotatable bonds is 0. The number of hydrogen-bond donors (Lipinski definition) is 2. The summed E-state index contributed by atoms with van der Waals surface area (Å²) in [6, 6.07) is 5.56. The molecule has 2 N–H and O–H groups in total. The Balaban J connectivity index is 2.15. The van der Waals surface area contributed by atoms with E-state index in [0.717, 1.165) is 22.8 Å². The maximum absolute atomic E-state index is 5.96. The van der Waals surface area contributed by atoms with Crippen LogP contribution in [0.25, 0.3) is 0 Å². The van der Waals surface area contributed by atoms with Gasteiger partial charge in [0.15, 0.2) is 5.82 Å². The molecule has 4 nitrogen and oxygen atoms in total. The lowest BCUT2D eigenvalue weighted by atomic mass is 10.2. The van der Waals surface area contributed by atoms with Crippen molar-refractivity contribution in [2.24, 2.45) is 7.05 Å². The average molecular weight is 265 g/mol. The third-order valence-electron chi connectivity index (χ3n) is 2.56. The Labute approximate surface area is 109 Å². The van der Waals surface area contributed by atoms with Crippen molar-refractivity contribution in [3.05, 3.63) is 35.0 Å². The number of anilines is 3. The Bertz CT molecular complexity index is 620. The number of fused-ring (bicyclic) bond motifs is 2. The molecule has 0 bridgehead atoms. The van der Waals surface area contributed by atoms with Gasteiger partial charge in [0.2, 0.25) is 0 Å². The van der Waals surface area contributed by atoms with Crippen molar-refractivity contribution in [1.29, 1.82) is 0 Å². The van der Waals surface area contributed by atoms with E-state index < -0.39 is 0 Å². The van der Waals surface area contributed by atoms with E-state index in [4.69, 9.17) is 23.8 Å². The predicted octanol–water partition coefficient (Wildman–Crippen LogP) is 2.92. The summed E-state index contributed by atoms with van der Waals surface area (Å²) in [6.45, 7) is 0. The number of benzene rings is 1. The zero-order chi connectivity index (χ0) is 12.0. The van der Waals surface area contributed by atoms with Crippen LogP contribution in [0.1, 0.15) is 5.56 Å². The molecule has 0 aliphatic carbocycles. The van der Waals surface area contributed by atoms with Gasteiger partial charge in [0.1, 0.15) is 4.99 Å². The summed E-state index contributed by atoms with van der Waals surface area (Å²) in [5.41, 5.74) is 2.66. The second-order valence-corrected chi connectivity index (χ2v) is 4.68. The summed E-state index contributed by atoms with van der Waals surface area (Å²) >= 11 is 11.3. The molecule has 0 spiro atoms. The quantitative estimate of drug-likeness (QED) is 0.718. The Kier molecular flexibility index (Phi) is 2.31. The van der Waals surface area contributed by atoms with Gasteiger partial charge in [-0.25, -0.2) is 0 Å². The van der Waals surface area contributed by atoms with Crippen molar-refractivity contribution in [2.45, 2.75) is 0 Å². The molecular weight excluding hydrogens is 256 g/mol. The van der Waals surface area contributed by atoms with Crippen LogP contribution in [0.15, 0.2) is 24.4 Å². The zero-order valence-electron chi connectivity index (χ0n) is 8.99. The highest BCUT2D eigenvalue weighted by atomic mass is 35.5. The molecule has 3 rings (SSSR count). The first-order chi connectivity index (χ1) is 8.13. The molecule has 86 valence electrons. The smallest absolute Gasteiger partial charge is 0.162 e. The minimum atomic E-state index is 0.640. The molecule has 0 fully saturated rings. The van der Waals surface area contributed by atoms with Crippen molar-refractivity contribution in [3.63, 3.8) is 0 Å². The Hall–Kier alpha value is -1.59. The van der Waals surface area contributed by atoms with Crippen LogP contribution in [0.2, 0.25) is 5.02 Å². The van der Waals surface area contributed by atoms with Crippen LogP contribution < -0.4 is 10.6 Å². The minimum absolute atomic E-state index is 0.640. The van der Waals surface area contributed by atoms with Crippen molar-refractivity contribution in [2.75, 3.05) is 10.6 Å². The molecule has 0 atom stereocenters. The topological polar surface area (TPSA) is 41.9 Å². The van der Waals surface area contributed by atoms with E-state index in [9.17, 15) is 0 Å². The van der Waals surface area contributed by atoms with Crippen LogP contribution in [0.3, 0.4) is 0 Å². The lowest BCUT2D eigenvalue weighted by Gasteiger charge is -2.08. The normalized spacial score (nSPS) is 13.2. The van der Waals surface area contributed by atoms with E-state index >= 15 is 0 Å². The summed E-state index contributed by atoms with van der Waals surface area (Å²) in [4.78, 5) is 0.640. The summed E-state index contributed by atoms with van der Waals surface area (Å²) in [7, 11) is 1.86. The Morgan fingerprint density at radius 1 is 1.29 bits per heavy atom. The van der Waals surface area contributed by atoms with Gasteiger partial charge in [-0.15, -0.1) is 0 Å². The first-order valence-corrected chi connectivity index (χ1v) is 5.84. The summed E-state index contributed by atoms with van der Waals surface area (Å²) < 4.78 is 1.73. The number of thiocarbonyl (C=S) groups is 1. The SMILES string of the molecule is Cn1cc2c(n1)Nc1ccc(Cl)cc1NC2=S. The number of aryl methyl sites for hydroxylation is 1. The van der Waals surface area contributed by atoms with Gasteiger partial charge in [-0.2, -0.15) is 5.10 Å². The van der Waals surface area contributed by atoms with E-state index in [-0.39, 0.29) is 0 Å². The van der Waals surface area contributed by atoms with E-state index in [0.29, 0.717) is 10.0 Å². The lowest BCUT2D eigenvalue weighted by Crippen LogP contribution is -2.08. The zero-order valence-corrected chi connectivity index (χ0v) is 10.6. The fraction of sp³-hybridized carbons (Fsp3) is 0.0909. The third kappa shape index (κ3) is 1.77. The predicted molar refractivity (Wildman–Crippen MR) is 73.3 cm³/mol. The number of nitrogens with zero attached hydrogens (tertiary/aromatic N) is 2. The van der Waals surface area contributed by atoms with Gasteiger partial charge in [-0.1, -0.05) is 23.8 Å². The van der Waals surface area contributed by atoms with Crippen molar-refractivity contribution >= 4 is 46.0 Å². The second kappa shape index (κ2) is 3.72. The summed E-state index contributed by atoms with van der Waals surface area (Å²) in [5, 5.41) is 11.4. The molecule has 0 radical (unpaired) electrons. The highest BCUT2D eigenvalue weighted by molar-refractivity contribution is 7.81. The summed E-state index contributed by atoms with van der Waals surface area (Å²) in [6.07, 6.45) is 1.88. The van der Waals surface area contributed by atoms with Gasteiger partial charge in [0.05, 0.1) is 16.9 Å². The Morgan fingerprint density at radius 3 is 2.94 bits per heavy atom. The average Bonchev–Trinajstić information content (AvgIpc) is 2.58. The molecular formula is C11H9ClN4S. The molecule has 1 aromatic carbocycles. The van der Waals surface area contributed by atoms with E-state index in [1.165, 1.54) is 0 Å².